The summed E-state index contributed by atoms with van der Waals surface area (Å²) in [7, 11) is 0. The van der Waals surface area contributed by atoms with Crippen LogP contribution in [0.1, 0.15) is 8.29 Å². The fourth-order valence-corrected chi connectivity index (χ4v) is 0. The maximum atomic E-state index is 8.26. The Morgan fingerprint density at radius 1 is 2.40 bits per heavy atom. The molecule has 1 nitrogen and oxygen atoms in total. The van der Waals surface area contributed by atoms with Crippen molar-refractivity contribution in [3.8, 4) is 12.3 Å². The number of hydrogen-bond donors (Lipinski definition) is 1. The van der Waals surface area contributed by atoms with E-state index < -0.39 is 6.08 Å². The van der Waals surface area contributed by atoms with E-state index in [0.717, 1.165) is 0 Å². The van der Waals surface area contributed by atoms with Crippen LogP contribution in [0.3, 0.4) is 0 Å². The molecule has 0 radical (unpaired) electrons. The van der Waals surface area contributed by atoms with Crippen molar-refractivity contribution in [1.29, 1.82) is 0 Å². The molecule has 0 saturated heterocycles. The number of aliphatic hydroxyl groups is 1. The fourth-order valence-electron chi connectivity index (χ4n) is 0. The normalized spacial score (nSPS) is 22.2. The average Bonchev–Trinajstić information content (AvgIpc) is 1.35. The van der Waals surface area contributed by atoms with Gasteiger partial charge >= 0.3 is 0 Å². The molecule has 0 aliphatic carbocycles. The highest BCUT2D eigenvalue weighted by atomic mass is 16.3. The molecule has 0 aromatic carbocycles. The highest BCUT2D eigenvalue weighted by Gasteiger charge is 1.75. The molecule has 0 saturated carbocycles. The average molecular weight is 71.1 g/mol. The summed E-state index contributed by atoms with van der Waals surface area (Å²) in [5.41, 5.74) is 0. The Labute approximate surface area is 33.0 Å². The van der Waals surface area contributed by atoms with E-state index >= 15 is 0 Å². The smallest absolute Gasteiger partial charge is 0.111 e. The van der Waals surface area contributed by atoms with Crippen molar-refractivity contribution in [3.63, 3.8) is 0 Å². The standard InChI is InChI=1S/C4H6O/c1-3-4(2)5/h1,4-5H,2H3/i4D. The van der Waals surface area contributed by atoms with Gasteiger partial charge in [-0.15, -0.1) is 6.42 Å². The first-order chi connectivity index (χ1) is 2.56. The Bertz CT molecular complexity index is 74.5. The maximum absolute atomic E-state index is 8.26. The second-order valence-electron chi connectivity index (χ2n) is 0.730. The highest BCUT2D eigenvalue weighted by Crippen LogP contribution is 1.66. The molecule has 0 rings (SSSR count). The number of terminal acetylenes is 1. The van der Waals surface area contributed by atoms with Crippen LogP contribution in [0.15, 0.2) is 0 Å². The van der Waals surface area contributed by atoms with E-state index in [2.05, 4.69) is 6.42 Å². The Kier molecular flexibility index (Phi) is 0.989. The van der Waals surface area contributed by atoms with Gasteiger partial charge in [0.2, 0.25) is 0 Å². The first-order valence-corrected chi connectivity index (χ1v) is 1.26. The molecule has 0 spiro atoms. The van der Waals surface area contributed by atoms with Gasteiger partial charge in [0.15, 0.2) is 0 Å². The van der Waals surface area contributed by atoms with Crippen LogP contribution in [-0.4, -0.2) is 11.2 Å². The van der Waals surface area contributed by atoms with Crippen molar-refractivity contribution in [2.24, 2.45) is 0 Å². The molecule has 0 fully saturated rings. The monoisotopic (exact) mass is 71.0 g/mol. The molecule has 5 heavy (non-hydrogen) atoms. The lowest BCUT2D eigenvalue weighted by Crippen LogP contribution is -1.90. The van der Waals surface area contributed by atoms with E-state index in [-0.39, 0.29) is 0 Å². The Balaban J connectivity index is 3.55. The quantitative estimate of drug-likeness (QED) is 0.398. The van der Waals surface area contributed by atoms with Crippen molar-refractivity contribution in [2.45, 2.75) is 13.0 Å². The lowest BCUT2D eigenvalue weighted by Gasteiger charge is -1.80. The van der Waals surface area contributed by atoms with E-state index in [1.807, 2.05) is 5.92 Å². The van der Waals surface area contributed by atoms with E-state index in [0.29, 0.717) is 0 Å². The molecule has 0 aromatic rings. The summed E-state index contributed by atoms with van der Waals surface area (Å²) in [5, 5.41) is 8.26. The summed E-state index contributed by atoms with van der Waals surface area (Å²) in [6.45, 7) is 1.23. The van der Waals surface area contributed by atoms with Gasteiger partial charge in [-0.2, -0.15) is 0 Å². The molecule has 0 amide bonds. The zero-order valence-electron chi connectivity index (χ0n) is 4.02. The van der Waals surface area contributed by atoms with Gasteiger partial charge in [-0.05, 0) is 6.92 Å². The maximum Gasteiger partial charge on any atom is 0.111 e. The topological polar surface area (TPSA) is 20.2 Å². The molecule has 0 heterocycles. The molecule has 1 unspecified atom stereocenters. The number of hydrogen-bond acceptors (Lipinski definition) is 1. The van der Waals surface area contributed by atoms with Crippen LogP contribution in [-0.2, 0) is 0 Å². The van der Waals surface area contributed by atoms with Crippen LogP contribution in [0, 0.1) is 12.3 Å². The molecule has 0 bridgehead atoms. The van der Waals surface area contributed by atoms with Gasteiger partial charge < -0.3 is 5.11 Å². The van der Waals surface area contributed by atoms with Crippen LogP contribution in [0.25, 0.3) is 0 Å². The summed E-state index contributed by atoms with van der Waals surface area (Å²) in [6.07, 6.45) is 2.94. The second kappa shape index (κ2) is 1.80. The summed E-state index contributed by atoms with van der Waals surface area (Å²) in [6, 6.07) is 0. The minimum absolute atomic E-state index is 1.23. The van der Waals surface area contributed by atoms with Crippen LogP contribution in [0.4, 0.5) is 0 Å². The predicted octanol–water partition coefficient (Wildman–Crippen LogP) is 0.000400. The molecule has 0 aromatic heterocycles. The van der Waals surface area contributed by atoms with E-state index in [4.69, 9.17) is 6.48 Å². The fraction of sp³-hybridized carbons (Fsp3) is 0.500. The summed E-state index contributed by atoms with van der Waals surface area (Å²) in [5.74, 6) is 1.83. The number of rotatable bonds is 0. The molecular weight excluding hydrogens is 64.0 g/mol. The van der Waals surface area contributed by atoms with Gasteiger partial charge in [0, 0.05) is 0 Å². The van der Waals surface area contributed by atoms with Crippen LogP contribution < -0.4 is 0 Å². The third-order valence-corrected chi connectivity index (χ3v) is 0.209. The largest absolute Gasteiger partial charge is 0.381 e. The lowest BCUT2D eigenvalue weighted by atomic mass is 10.4. The Morgan fingerprint density at radius 3 is 2.60 bits per heavy atom. The molecule has 0 aliphatic rings. The lowest BCUT2D eigenvalue weighted by molar-refractivity contribution is 0.253. The van der Waals surface area contributed by atoms with Crippen LogP contribution >= 0.6 is 0 Å². The minimum Gasteiger partial charge on any atom is -0.381 e. The molecule has 28 valence electrons. The molecule has 1 atom stereocenters. The second-order valence-corrected chi connectivity index (χ2v) is 0.730. The van der Waals surface area contributed by atoms with E-state index in [9.17, 15) is 0 Å². The summed E-state index contributed by atoms with van der Waals surface area (Å²) in [4.78, 5) is 0. The van der Waals surface area contributed by atoms with Gasteiger partial charge in [-0.25, -0.2) is 0 Å². The molecular formula is C4H6O. The summed E-state index contributed by atoms with van der Waals surface area (Å²) >= 11 is 0. The zero-order chi connectivity index (χ0) is 5.21. The first kappa shape index (κ1) is 2.74. The van der Waals surface area contributed by atoms with Gasteiger partial charge in [0.05, 0.1) is 1.37 Å². The third-order valence-electron chi connectivity index (χ3n) is 0.209. The van der Waals surface area contributed by atoms with Crippen molar-refractivity contribution in [3.05, 3.63) is 0 Å². The van der Waals surface area contributed by atoms with Gasteiger partial charge in [-0.1, -0.05) is 5.92 Å². The molecule has 1 heteroatoms. The molecule has 0 aliphatic heterocycles. The zero-order valence-corrected chi connectivity index (χ0v) is 3.02. The first-order valence-electron chi connectivity index (χ1n) is 1.76. The van der Waals surface area contributed by atoms with Crippen LogP contribution in [0.2, 0.25) is 0 Å². The highest BCUT2D eigenvalue weighted by molar-refractivity contribution is 4.89. The van der Waals surface area contributed by atoms with Gasteiger partial charge in [-0.3, -0.25) is 0 Å². The van der Waals surface area contributed by atoms with Crippen molar-refractivity contribution in [1.82, 2.24) is 0 Å². The summed E-state index contributed by atoms with van der Waals surface area (Å²) < 4.78 is 6.50. The Hall–Kier alpha value is -0.480. The van der Waals surface area contributed by atoms with Gasteiger partial charge in [0.25, 0.3) is 0 Å². The van der Waals surface area contributed by atoms with Crippen molar-refractivity contribution < 1.29 is 6.48 Å². The molecule has 1 N–H and O–H groups in total. The van der Waals surface area contributed by atoms with E-state index in [1.54, 1.807) is 0 Å². The van der Waals surface area contributed by atoms with Gasteiger partial charge in [0.1, 0.15) is 6.08 Å². The van der Waals surface area contributed by atoms with Crippen molar-refractivity contribution in [2.75, 3.05) is 0 Å². The van der Waals surface area contributed by atoms with Crippen molar-refractivity contribution >= 4 is 0 Å². The minimum atomic E-state index is -1.68. The van der Waals surface area contributed by atoms with Crippen LogP contribution in [0.5, 0.6) is 0 Å². The van der Waals surface area contributed by atoms with E-state index in [1.165, 1.54) is 6.92 Å². The Morgan fingerprint density at radius 2 is 2.60 bits per heavy atom. The SMILES string of the molecule is [2H]C(C)(O)C#C. The predicted molar refractivity (Wildman–Crippen MR) is 20.5 cm³/mol. The third kappa shape index (κ3) is 3.52.